The highest BCUT2D eigenvalue weighted by atomic mass is 16.5. The van der Waals surface area contributed by atoms with Gasteiger partial charge in [0.2, 0.25) is 5.91 Å². The van der Waals surface area contributed by atoms with Crippen molar-refractivity contribution >= 4 is 17.5 Å². The molecule has 1 aliphatic carbocycles. The number of ether oxygens (including phenoxy) is 4. The highest BCUT2D eigenvalue weighted by Crippen LogP contribution is 2.38. The van der Waals surface area contributed by atoms with Crippen molar-refractivity contribution in [3.63, 3.8) is 0 Å². The van der Waals surface area contributed by atoms with Crippen molar-refractivity contribution in [2.45, 2.75) is 44.2 Å². The number of hydrogen-bond acceptors (Lipinski definition) is 7. The number of carbonyl (C=O) groups is 2. The fraction of sp³-hybridized carbons (Fsp3) is 0.379. The van der Waals surface area contributed by atoms with E-state index >= 15 is 0 Å². The number of methoxy groups -OCH3 is 4. The molecule has 2 aromatic carbocycles. The molecule has 1 atom stereocenters. The summed E-state index contributed by atoms with van der Waals surface area (Å²) in [6.07, 6.45) is 6.47. The maximum Gasteiger partial charge on any atom is 0.294 e. The molecule has 9 heteroatoms. The molecule has 38 heavy (non-hydrogen) atoms. The second kappa shape index (κ2) is 12.4. The minimum Gasteiger partial charge on any atom is -0.493 e. The topological polar surface area (TPSA) is 99.5 Å². The molecule has 1 N–H and O–H groups in total. The van der Waals surface area contributed by atoms with Crippen LogP contribution in [0.1, 0.15) is 54.3 Å². The molecule has 1 fully saturated rings. The summed E-state index contributed by atoms with van der Waals surface area (Å²) in [5, 5.41) is 3.19. The van der Waals surface area contributed by atoms with Crippen molar-refractivity contribution in [2.75, 3.05) is 33.3 Å². The Morgan fingerprint density at radius 2 is 1.47 bits per heavy atom. The van der Waals surface area contributed by atoms with Gasteiger partial charge in [-0.25, -0.2) is 0 Å². The number of benzene rings is 2. The Morgan fingerprint density at radius 1 is 0.842 bits per heavy atom. The Morgan fingerprint density at radius 3 is 2.08 bits per heavy atom. The predicted molar refractivity (Wildman–Crippen MR) is 142 cm³/mol. The zero-order chi connectivity index (χ0) is 27.1. The van der Waals surface area contributed by atoms with Crippen LogP contribution in [0.3, 0.4) is 0 Å². The van der Waals surface area contributed by atoms with Crippen molar-refractivity contribution in [1.82, 2.24) is 5.32 Å². The van der Waals surface area contributed by atoms with Crippen LogP contribution in [0.4, 0.5) is 5.69 Å². The Kier molecular flexibility index (Phi) is 8.78. The lowest BCUT2D eigenvalue weighted by Gasteiger charge is -2.33. The predicted octanol–water partition coefficient (Wildman–Crippen LogP) is 5.15. The first-order valence-electron chi connectivity index (χ1n) is 12.6. The molecule has 9 nitrogen and oxygen atoms in total. The highest BCUT2D eigenvalue weighted by Gasteiger charge is 2.36. The van der Waals surface area contributed by atoms with E-state index in [1.54, 1.807) is 55.6 Å². The standard InChI is InChI=1S/C29H34N2O7/c1-34-22-14-12-19(17-25(22)36-3)27(28(32)30-20-9-6-5-7-10-20)31(29(33)24-11-8-16-38-24)21-13-15-23(35-2)26(18-21)37-4/h8,11-18,20,27H,5-7,9-10H2,1-4H3,(H,30,32)/t27-/m0/s1. The summed E-state index contributed by atoms with van der Waals surface area (Å²) in [6.45, 7) is 0. The van der Waals surface area contributed by atoms with E-state index in [9.17, 15) is 9.59 Å². The molecular weight excluding hydrogens is 488 g/mol. The first kappa shape index (κ1) is 26.9. The Labute approximate surface area is 222 Å². The van der Waals surface area contributed by atoms with Crippen LogP contribution in [0.15, 0.2) is 59.2 Å². The van der Waals surface area contributed by atoms with E-state index in [0.717, 1.165) is 32.1 Å². The molecular formula is C29H34N2O7. The Hall–Kier alpha value is -4.14. The van der Waals surface area contributed by atoms with Crippen LogP contribution in [0.2, 0.25) is 0 Å². The lowest BCUT2D eigenvalue weighted by atomic mass is 9.94. The zero-order valence-corrected chi connectivity index (χ0v) is 22.2. The van der Waals surface area contributed by atoms with E-state index in [-0.39, 0.29) is 17.7 Å². The van der Waals surface area contributed by atoms with Crippen LogP contribution in [0.25, 0.3) is 0 Å². The van der Waals surface area contributed by atoms with Crippen molar-refractivity contribution in [2.24, 2.45) is 0 Å². The molecule has 0 radical (unpaired) electrons. The highest BCUT2D eigenvalue weighted by molar-refractivity contribution is 6.09. The molecule has 0 unspecified atom stereocenters. The van der Waals surface area contributed by atoms with Crippen LogP contribution in [0, 0.1) is 0 Å². The largest absolute Gasteiger partial charge is 0.493 e. The fourth-order valence-electron chi connectivity index (χ4n) is 4.84. The summed E-state index contributed by atoms with van der Waals surface area (Å²) >= 11 is 0. The van der Waals surface area contributed by atoms with Crippen LogP contribution in [-0.2, 0) is 4.79 Å². The first-order valence-corrected chi connectivity index (χ1v) is 12.6. The number of amides is 2. The average Bonchev–Trinajstić information content (AvgIpc) is 3.50. The maximum atomic E-state index is 14.1. The zero-order valence-electron chi connectivity index (χ0n) is 22.2. The summed E-state index contributed by atoms with van der Waals surface area (Å²) in [6, 6.07) is 12.5. The third-order valence-electron chi connectivity index (χ3n) is 6.78. The molecule has 1 saturated carbocycles. The van der Waals surface area contributed by atoms with E-state index in [2.05, 4.69) is 5.32 Å². The number of anilines is 1. The molecule has 0 aliphatic heterocycles. The number of nitrogens with one attached hydrogen (secondary N) is 1. The van der Waals surface area contributed by atoms with E-state index in [0.29, 0.717) is 34.2 Å². The monoisotopic (exact) mass is 522 g/mol. The summed E-state index contributed by atoms with van der Waals surface area (Å²) < 4.78 is 27.3. The lowest BCUT2D eigenvalue weighted by molar-refractivity contribution is -0.123. The minimum absolute atomic E-state index is 0.0323. The second-order valence-corrected chi connectivity index (χ2v) is 9.05. The molecule has 1 aromatic heterocycles. The van der Waals surface area contributed by atoms with Crippen LogP contribution >= 0.6 is 0 Å². The van der Waals surface area contributed by atoms with Gasteiger partial charge in [-0.2, -0.15) is 0 Å². The molecule has 4 rings (SSSR count). The van der Waals surface area contributed by atoms with Gasteiger partial charge in [0.1, 0.15) is 6.04 Å². The first-order chi connectivity index (χ1) is 18.5. The summed E-state index contributed by atoms with van der Waals surface area (Å²) in [5.41, 5.74) is 0.980. The van der Waals surface area contributed by atoms with Crippen molar-refractivity contribution in [3.05, 3.63) is 66.1 Å². The summed E-state index contributed by atoms with van der Waals surface area (Å²) in [4.78, 5) is 29.5. The average molecular weight is 523 g/mol. The second-order valence-electron chi connectivity index (χ2n) is 9.05. The van der Waals surface area contributed by atoms with E-state index in [4.69, 9.17) is 23.4 Å². The van der Waals surface area contributed by atoms with Gasteiger partial charge in [-0.1, -0.05) is 25.3 Å². The fourth-order valence-corrected chi connectivity index (χ4v) is 4.84. The van der Waals surface area contributed by atoms with E-state index in [1.807, 2.05) is 0 Å². The van der Waals surface area contributed by atoms with Crippen LogP contribution in [-0.4, -0.2) is 46.3 Å². The van der Waals surface area contributed by atoms with Gasteiger partial charge in [-0.15, -0.1) is 0 Å². The number of rotatable bonds is 10. The smallest absolute Gasteiger partial charge is 0.294 e. The molecule has 0 saturated heterocycles. The number of carbonyl (C=O) groups excluding carboxylic acids is 2. The normalized spacial score (nSPS) is 14.3. The molecule has 0 bridgehead atoms. The number of furan rings is 1. The molecule has 1 aliphatic rings. The number of hydrogen-bond donors (Lipinski definition) is 1. The van der Waals surface area contributed by atoms with Crippen molar-refractivity contribution in [3.8, 4) is 23.0 Å². The van der Waals surface area contributed by atoms with Gasteiger partial charge in [0.05, 0.1) is 34.7 Å². The van der Waals surface area contributed by atoms with Gasteiger partial charge in [-0.05, 0) is 54.8 Å². The van der Waals surface area contributed by atoms with Crippen LogP contribution < -0.4 is 29.2 Å². The molecule has 1 heterocycles. The SMILES string of the molecule is COc1ccc([C@@H](C(=O)NC2CCCCC2)N(C(=O)c2ccco2)c2ccc(OC)c(OC)c2)cc1OC. The van der Waals surface area contributed by atoms with Crippen molar-refractivity contribution in [1.29, 1.82) is 0 Å². The summed E-state index contributed by atoms with van der Waals surface area (Å²) in [5.74, 6) is 1.17. The molecule has 202 valence electrons. The van der Waals surface area contributed by atoms with Gasteiger partial charge in [-0.3, -0.25) is 14.5 Å². The maximum absolute atomic E-state index is 14.1. The molecule has 2 amide bonds. The third kappa shape index (κ3) is 5.72. The number of nitrogens with zero attached hydrogens (tertiary/aromatic N) is 1. The van der Waals surface area contributed by atoms with Gasteiger partial charge < -0.3 is 28.7 Å². The quantitative estimate of drug-likeness (QED) is 0.393. The Bertz CT molecular complexity index is 1240. The lowest BCUT2D eigenvalue weighted by Crippen LogP contribution is -2.47. The van der Waals surface area contributed by atoms with Crippen LogP contribution in [0.5, 0.6) is 23.0 Å². The Balaban J connectivity index is 1.87. The van der Waals surface area contributed by atoms with Gasteiger partial charge in [0, 0.05) is 17.8 Å². The van der Waals surface area contributed by atoms with E-state index < -0.39 is 11.9 Å². The van der Waals surface area contributed by atoms with Gasteiger partial charge in [0.15, 0.2) is 28.8 Å². The molecule has 0 spiro atoms. The van der Waals surface area contributed by atoms with Gasteiger partial charge in [0.25, 0.3) is 5.91 Å². The summed E-state index contributed by atoms with van der Waals surface area (Å²) in [7, 11) is 6.12. The third-order valence-corrected chi connectivity index (χ3v) is 6.78. The minimum atomic E-state index is -1.05. The van der Waals surface area contributed by atoms with E-state index in [1.165, 1.54) is 32.5 Å². The van der Waals surface area contributed by atoms with Crippen molar-refractivity contribution < 1.29 is 33.0 Å². The molecule has 3 aromatic rings. The van der Waals surface area contributed by atoms with Gasteiger partial charge >= 0.3 is 0 Å².